The number of anilines is 1. The van der Waals surface area contributed by atoms with Gasteiger partial charge in [-0.1, -0.05) is 12.1 Å². The van der Waals surface area contributed by atoms with Crippen molar-refractivity contribution < 1.29 is 0 Å². The molecule has 6 heteroatoms. The van der Waals surface area contributed by atoms with E-state index in [-0.39, 0.29) is 0 Å². The monoisotopic (exact) mass is 242 g/mol. The highest BCUT2D eigenvalue weighted by molar-refractivity contribution is 5.77. The molecular weight excluding hydrogens is 228 g/mol. The van der Waals surface area contributed by atoms with Gasteiger partial charge in [-0.25, -0.2) is 4.98 Å². The third kappa shape index (κ3) is 2.04. The first-order valence-electron chi connectivity index (χ1n) is 5.84. The predicted molar refractivity (Wildman–Crippen MR) is 69.3 cm³/mol. The molecular formula is C12H14N6. The number of fused-ring (bicyclic) bond motifs is 1. The lowest BCUT2D eigenvalue weighted by Gasteiger charge is -2.01. The molecule has 2 aromatic heterocycles. The lowest BCUT2D eigenvalue weighted by molar-refractivity contribution is 0.786. The van der Waals surface area contributed by atoms with E-state index in [1.165, 1.54) is 0 Å². The molecule has 0 atom stereocenters. The van der Waals surface area contributed by atoms with Crippen molar-refractivity contribution in [1.82, 2.24) is 24.7 Å². The quantitative estimate of drug-likeness (QED) is 0.724. The molecule has 0 saturated heterocycles. The number of para-hydroxylation sites is 2. The van der Waals surface area contributed by atoms with Gasteiger partial charge in [-0.05, 0) is 12.1 Å². The van der Waals surface area contributed by atoms with Gasteiger partial charge in [0.25, 0.3) is 0 Å². The zero-order valence-electron chi connectivity index (χ0n) is 10.1. The molecule has 2 N–H and O–H groups in total. The van der Waals surface area contributed by atoms with Crippen molar-refractivity contribution >= 4 is 17.0 Å². The summed E-state index contributed by atoms with van der Waals surface area (Å²) in [6.07, 6.45) is 2.52. The van der Waals surface area contributed by atoms with Gasteiger partial charge in [-0.15, -0.1) is 10.2 Å². The van der Waals surface area contributed by atoms with Crippen molar-refractivity contribution in [3.63, 3.8) is 0 Å². The SMILES string of the molecule is Cn1cnnc1CCNc1nc2ccccc2[nH]1. The number of rotatable bonds is 4. The van der Waals surface area contributed by atoms with Crippen LogP contribution >= 0.6 is 0 Å². The van der Waals surface area contributed by atoms with E-state index < -0.39 is 0 Å². The molecule has 3 aromatic rings. The molecule has 92 valence electrons. The van der Waals surface area contributed by atoms with E-state index in [2.05, 4.69) is 25.5 Å². The molecule has 0 saturated carbocycles. The van der Waals surface area contributed by atoms with Crippen LogP contribution in [-0.2, 0) is 13.5 Å². The highest BCUT2D eigenvalue weighted by Gasteiger charge is 2.03. The molecule has 3 rings (SSSR count). The summed E-state index contributed by atoms with van der Waals surface area (Å²) in [6, 6.07) is 7.96. The topological polar surface area (TPSA) is 71.4 Å². The fourth-order valence-electron chi connectivity index (χ4n) is 1.86. The second-order valence-electron chi connectivity index (χ2n) is 4.14. The van der Waals surface area contributed by atoms with E-state index in [9.17, 15) is 0 Å². The van der Waals surface area contributed by atoms with Crippen LogP contribution in [0.1, 0.15) is 5.82 Å². The third-order valence-corrected chi connectivity index (χ3v) is 2.84. The van der Waals surface area contributed by atoms with Gasteiger partial charge in [-0.3, -0.25) is 0 Å². The van der Waals surface area contributed by atoms with Crippen LogP contribution in [0.2, 0.25) is 0 Å². The first-order valence-corrected chi connectivity index (χ1v) is 5.84. The number of imidazole rings is 1. The average molecular weight is 242 g/mol. The van der Waals surface area contributed by atoms with E-state index in [0.717, 1.165) is 35.8 Å². The Balaban J connectivity index is 1.65. The number of aryl methyl sites for hydroxylation is 1. The molecule has 0 amide bonds. The van der Waals surface area contributed by atoms with E-state index >= 15 is 0 Å². The van der Waals surface area contributed by atoms with Crippen molar-refractivity contribution in [2.45, 2.75) is 6.42 Å². The molecule has 0 aliphatic rings. The lowest BCUT2D eigenvalue weighted by atomic mass is 10.3. The second-order valence-corrected chi connectivity index (χ2v) is 4.14. The summed E-state index contributed by atoms with van der Waals surface area (Å²) in [6.45, 7) is 0.770. The molecule has 0 bridgehead atoms. The maximum atomic E-state index is 4.44. The Hall–Kier alpha value is -2.37. The fraction of sp³-hybridized carbons (Fsp3) is 0.250. The van der Waals surface area contributed by atoms with Crippen LogP contribution in [0.5, 0.6) is 0 Å². The standard InChI is InChI=1S/C12H14N6/c1-18-8-14-17-11(18)6-7-13-12-15-9-4-2-3-5-10(9)16-12/h2-5,8H,6-7H2,1H3,(H2,13,15,16). The van der Waals surface area contributed by atoms with Gasteiger partial charge in [0, 0.05) is 20.0 Å². The highest BCUT2D eigenvalue weighted by Crippen LogP contribution is 2.12. The minimum atomic E-state index is 0.770. The van der Waals surface area contributed by atoms with Gasteiger partial charge >= 0.3 is 0 Å². The molecule has 1 aromatic carbocycles. The van der Waals surface area contributed by atoms with Gasteiger partial charge in [0.1, 0.15) is 12.2 Å². The van der Waals surface area contributed by atoms with Crippen molar-refractivity contribution in [2.24, 2.45) is 7.05 Å². The first-order chi connectivity index (χ1) is 8.83. The Kier molecular flexibility index (Phi) is 2.68. The zero-order chi connectivity index (χ0) is 12.4. The Labute approximate surface area is 104 Å². The molecule has 0 aliphatic heterocycles. The summed E-state index contributed by atoms with van der Waals surface area (Å²) in [4.78, 5) is 7.67. The summed E-state index contributed by atoms with van der Waals surface area (Å²) in [5.41, 5.74) is 2.01. The summed E-state index contributed by atoms with van der Waals surface area (Å²) >= 11 is 0. The van der Waals surface area contributed by atoms with Gasteiger partial charge < -0.3 is 14.9 Å². The predicted octanol–water partition coefficient (Wildman–Crippen LogP) is 1.35. The number of H-pyrrole nitrogens is 1. The van der Waals surface area contributed by atoms with Gasteiger partial charge in [0.2, 0.25) is 5.95 Å². The van der Waals surface area contributed by atoms with E-state index in [1.807, 2.05) is 35.9 Å². The Morgan fingerprint density at radius 1 is 1.33 bits per heavy atom. The highest BCUT2D eigenvalue weighted by atomic mass is 15.2. The normalized spacial score (nSPS) is 10.9. The third-order valence-electron chi connectivity index (χ3n) is 2.84. The summed E-state index contributed by atoms with van der Waals surface area (Å²) in [5, 5.41) is 11.1. The molecule has 0 aliphatic carbocycles. The van der Waals surface area contributed by atoms with E-state index in [4.69, 9.17) is 0 Å². The maximum Gasteiger partial charge on any atom is 0.201 e. The smallest absolute Gasteiger partial charge is 0.201 e. The van der Waals surface area contributed by atoms with E-state index in [1.54, 1.807) is 6.33 Å². The summed E-state index contributed by atoms with van der Waals surface area (Å²) in [5.74, 6) is 1.75. The van der Waals surface area contributed by atoms with Crippen LogP contribution in [0.4, 0.5) is 5.95 Å². The molecule has 18 heavy (non-hydrogen) atoms. The minimum Gasteiger partial charge on any atom is -0.355 e. The largest absolute Gasteiger partial charge is 0.355 e. The Morgan fingerprint density at radius 2 is 2.22 bits per heavy atom. The lowest BCUT2D eigenvalue weighted by Crippen LogP contribution is -2.09. The molecule has 0 fully saturated rings. The number of benzene rings is 1. The zero-order valence-corrected chi connectivity index (χ0v) is 10.1. The molecule has 6 nitrogen and oxygen atoms in total. The van der Waals surface area contributed by atoms with Crippen LogP contribution < -0.4 is 5.32 Å². The van der Waals surface area contributed by atoms with Crippen molar-refractivity contribution in [3.05, 3.63) is 36.4 Å². The Bertz CT molecular complexity index is 620. The molecule has 0 unspecified atom stereocenters. The Morgan fingerprint density at radius 3 is 3.00 bits per heavy atom. The van der Waals surface area contributed by atoms with Crippen LogP contribution in [0.3, 0.4) is 0 Å². The maximum absolute atomic E-state index is 4.44. The number of aromatic amines is 1. The minimum absolute atomic E-state index is 0.770. The van der Waals surface area contributed by atoms with Crippen LogP contribution in [0.25, 0.3) is 11.0 Å². The van der Waals surface area contributed by atoms with Crippen molar-refractivity contribution in [3.8, 4) is 0 Å². The number of hydrogen-bond acceptors (Lipinski definition) is 4. The molecule has 2 heterocycles. The molecule has 0 radical (unpaired) electrons. The van der Waals surface area contributed by atoms with Crippen molar-refractivity contribution in [2.75, 3.05) is 11.9 Å². The summed E-state index contributed by atoms with van der Waals surface area (Å²) < 4.78 is 1.92. The second kappa shape index (κ2) is 4.48. The van der Waals surface area contributed by atoms with Crippen LogP contribution in [0.15, 0.2) is 30.6 Å². The fourth-order valence-corrected chi connectivity index (χ4v) is 1.86. The van der Waals surface area contributed by atoms with Crippen molar-refractivity contribution in [1.29, 1.82) is 0 Å². The average Bonchev–Trinajstić information content (AvgIpc) is 2.96. The number of hydrogen-bond donors (Lipinski definition) is 2. The first kappa shape index (κ1) is 10.8. The van der Waals surface area contributed by atoms with E-state index in [0.29, 0.717) is 0 Å². The number of aromatic nitrogens is 5. The number of nitrogens with one attached hydrogen (secondary N) is 2. The number of nitrogens with zero attached hydrogens (tertiary/aromatic N) is 4. The molecule has 0 spiro atoms. The summed E-state index contributed by atoms with van der Waals surface area (Å²) in [7, 11) is 1.94. The van der Waals surface area contributed by atoms with Crippen LogP contribution in [0, 0.1) is 0 Å². The van der Waals surface area contributed by atoms with Gasteiger partial charge in [0.15, 0.2) is 0 Å². The van der Waals surface area contributed by atoms with Gasteiger partial charge in [0.05, 0.1) is 11.0 Å². The van der Waals surface area contributed by atoms with Crippen LogP contribution in [-0.4, -0.2) is 31.3 Å². The van der Waals surface area contributed by atoms with Gasteiger partial charge in [-0.2, -0.15) is 0 Å².